The number of carbonyl (C=O) groups excluding carboxylic acids is 2. The molecule has 7 N–H and O–H groups in total. The molecule has 1 amide bonds. The number of carboxylic acids is 1. The van der Waals surface area contributed by atoms with Crippen molar-refractivity contribution < 1.29 is 19.5 Å². The molecule has 0 heterocycles. The third-order valence-electron chi connectivity index (χ3n) is 4.83. The summed E-state index contributed by atoms with van der Waals surface area (Å²) < 4.78 is 0. The average Bonchev–Trinajstić information content (AvgIpc) is 2.77. The van der Waals surface area contributed by atoms with E-state index >= 15 is 0 Å². The number of ketones is 1. The second kappa shape index (κ2) is 12.2. The van der Waals surface area contributed by atoms with Gasteiger partial charge in [0.15, 0.2) is 11.7 Å². The van der Waals surface area contributed by atoms with Crippen molar-refractivity contribution in [2.75, 3.05) is 11.9 Å². The summed E-state index contributed by atoms with van der Waals surface area (Å²) in [5.41, 5.74) is 12.4. The van der Waals surface area contributed by atoms with E-state index in [-0.39, 0.29) is 35.0 Å². The minimum Gasteiger partial charge on any atom is -0.480 e. The van der Waals surface area contributed by atoms with Gasteiger partial charge >= 0.3 is 5.97 Å². The number of aliphatic carboxylic acids is 1. The molecule has 0 aliphatic rings. The number of hydrogen-bond acceptors (Lipinski definition) is 6. The zero-order chi connectivity index (χ0) is 24.5. The van der Waals surface area contributed by atoms with Crippen LogP contribution in [0.25, 0.3) is 0 Å². The number of guanidine groups is 1. The van der Waals surface area contributed by atoms with Crippen LogP contribution in [0.4, 0.5) is 5.69 Å². The maximum Gasteiger partial charge on any atom is 0.320 e. The summed E-state index contributed by atoms with van der Waals surface area (Å²) in [5, 5.41) is 20.0. The Bertz CT molecular complexity index is 1030. The van der Waals surface area contributed by atoms with Crippen LogP contribution in [0.1, 0.15) is 35.2 Å². The van der Waals surface area contributed by atoms with Crippen LogP contribution in [0.5, 0.6) is 0 Å². The van der Waals surface area contributed by atoms with E-state index in [1.165, 1.54) is 12.1 Å². The molecule has 0 radical (unpaired) electrons. The van der Waals surface area contributed by atoms with Crippen LogP contribution in [-0.2, 0) is 16.1 Å². The lowest BCUT2D eigenvalue weighted by atomic mass is 10.0. The van der Waals surface area contributed by atoms with Gasteiger partial charge in [-0.25, -0.2) is 0 Å². The number of benzene rings is 2. The molecule has 0 spiro atoms. The number of Topliss-reactive ketones (excluding diaryl/α,β-unsaturated/α-hetero) is 1. The van der Waals surface area contributed by atoms with E-state index in [9.17, 15) is 14.4 Å². The van der Waals surface area contributed by atoms with E-state index in [2.05, 4.69) is 5.32 Å². The highest BCUT2D eigenvalue weighted by Gasteiger charge is 2.24. The summed E-state index contributed by atoms with van der Waals surface area (Å²) in [5.74, 6) is -2.95. The smallest absolute Gasteiger partial charge is 0.320 e. The monoisotopic (exact) mass is 493 g/mol. The zero-order valence-electron chi connectivity index (χ0n) is 17.7. The molecule has 1 atom stereocenters. The first-order valence-corrected chi connectivity index (χ1v) is 10.8. The fourth-order valence-electron chi connectivity index (χ4n) is 3.04. The van der Waals surface area contributed by atoms with Crippen molar-refractivity contribution in [1.82, 2.24) is 4.90 Å². The van der Waals surface area contributed by atoms with E-state index in [0.717, 1.165) is 10.5 Å². The highest BCUT2D eigenvalue weighted by molar-refractivity contribution is 6.44. The number of carboxylic acid groups (broad SMARTS) is 1. The number of amides is 1. The normalized spacial score (nSPS) is 11.5. The van der Waals surface area contributed by atoms with Gasteiger partial charge in [0, 0.05) is 18.7 Å². The maximum atomic E-state index is 13.0. The first-order chi connectivity index (χ1) is 15.6. The van der Waals surface area contributed by atoms with Gasteiger partial charge in [-0.05, 0) is 30.5 Å². The van der Waals surface area contributed by atoms with E-state index in [1.807, 2.05) is 30.3 Å². The predicted molar refractivity (Wildman–Crippen MR) is 128 cm³/mol. The van der Waals surface area contributed by atoms with Gasteiger partial charge in [0.05, 0.1) is 22.2 Å². The first-order valence-electron chi connectivity index (χ1n) is 10.0. The lowest BCUT2D eigenvalue weighted by Gasteiger charge is -2.21. The lowest BCUT2D eigenvalue weighted by molar-refractivity contribution is -0.138. The fraction of sp³-hybridized carbons (Fsp3) is 0.273. The summed E-state index contributed by atoms with van der Waals surface area (Å²) >= 11 is 12.4. The average molecular weight is 494 g/mol. The van der Waals surface area contributed by atoms with Gasteiger partial charge in [-0.2, -0.15) is 0 Å². The van der Waals surface area contributed by atoms with Crippen molar-refractivity contribution in [2.24, 2.45) is 11.5 Å². The third kappa shape index (κ3) is 7.45. The molecule has 0 aromatic heterocycles. The summed E-state index contributed by atoms with van der Waals surface area (Å²) in [6, 6.07) is 11.3. The first kappa shape index (κ1) is 26.1. The van der Waals surface area contributed by atoms with Crippen LogP contribution in [0.3, 0.4) is 0 Å². The second-order valence-corrected chi connectivity index (χ2v) is 8.03. The molecule has 2 rings (SSSR count). The number of hydrogen-bond donors (Lipinski definition) is 5. The third-order valence-corrected chi connectivity index (χ3v) is 5.63. The number of carbonyl (C=O) groups is 3. The molecular formula is C22H25Cl2N5O4. The minimum absolute atomic E-state index is 0.0388. The molecule has 0 saturated carbocycles. The standard InChI is InChI=1S/C22H25Cl2N5O4/c23-15-9-8-14(20(19(15)24)28-12-13-5-2-1-3-6-13)17(30)11-18(31)29(22(26)27)10-4-7-16(25)21(32)33/h1-3,5-6,8-9,16,28H,4,7,10-12,25H2,(H3,26,27)(H,32,33). The van der Waals surface area contributed by atoms with Gasteiger partial charge in [-0.1, -0.05) is 53.5 Å². The van der Waals surface area contributed by atoms with Gasteiger partial charge in [0.1, 0.15) is 6.04 Å². The van der Waals surface area contributed by atoms with Crippen LogP contribution in [0.15, 0.2) is 42.5 Å². The largest absolute Gasteiger partial charge is 0.480 e. The molecule has 0 saturated heterocycles. The Kier molecular flexibility index (Phi) is 9.65. The zero-order valence-corrected chi connectivity index (χ0v) is 19.2. The molecule has 0 bridgehead atoms. The Morgan fingerprint density at radius 2 is 1.79 bits per heavy atom. The molecule has 2 aromatic rings. The summed E-state index contributed by atoms with van der Waals surface area (Å²) in [6.45, 7) is 0.335. The van der Waals surface area contributed by atoms with E-state index in [0.29, 0.717) is 12.2 Å². The van der Waals surface area contributed by atoms with Gasteiger partial charge < -0.3 is 21.9 Å². The Balaban J connectivity index is 2.13. The van der Waals surface area contributed by atoms with E-state index in [4.69, 9.17) is 45.2 Å². The van der Waals surface area contributed by atoms with Crippen LogP contribution >= 0.6 is 23.2 Å². The number of halogens is 2. The van der Waals surface area contributed by atoms with Crippen LogP contribution in [-0.4, -0.2) is 46.2 Å². The van der Waals surface area contributed by atoms with Crippen LogP contribution in [0.2, 0.25) is 10.0 Å². The molecule has 33 heavy (non-hydrogen) atoms. The second-order valence-electron chi connectivity index (χ2n) is 7.24. The highest BCUT2D eigenvalue weighted by Crippen LogP contribution is 2.34. The summed E-state index contributed by atoms with van der Waals surface area (Å²) in [7, 11) is 0. The van der Waals surface area contributed by atoms with Crippen molar-refractivity contribution in [2.45, 2.75) is 31.8 Å². The molecule has 11 heteroatoms. The number of rotatable bonds is 11. The Morgan fingerprint density at radius 3 is 2.39 bits per heavy atom. The minimum atomic E-state index is -1.17. The van der Waals surface area contributed by atoms with Crippen LogP contribution in [0, 0.1) is 5.41 Å². The molecule has 0 aliphatic heterocycles. The number of nitrogens with zero attached hydrogens (tertiary/aromatic N) is 1. The summed E-state index contributed by atoms with van der Waals surface area (Å²) in [6.07, 6.45) is -0.285. The lowest BCUT2D eigenvalue weighted by Crippen LogP contribution is -2.43. The summed E-state index contributed by atoms with van der Waals surface area (Å²) in [4.78, 5) is 37.4. The molecule has 0 fully saturated rings. The number of anilines is 1. The highest BCUT2D eigenvalue weighted by atomic mass is 35.5. The predicted octanol–water partition coefficient (Wildman–Crippen LogP) is 3.09. The van der Waals surface area contributed by atoms with Gasteiger partial charge in [0.25, 0.3) is 0 Å². The molecule has 2 aromatic carbocycles. The van der Waals surface area contributed by atoms with Crippen molar-refractivity contribution in [1.29, 1.82) is 5.41 Å². The maximum absolute atomic E-state index is 13.0. The van der Waals surface area contributed by atoms with Gasteiger partial charge in [-0.15, -0.1) is 0 Å². The molecule has 176 valence electrons. The topological polar surface area (TPSA) is 163 Å². The van der Waals surface area contributed by atoms with Gasteiger partial charge in [-0.3, -0.25) is 24.7 Å². The van der Waals surface area contributed by atoms with Gasteiger partial charge in [0.2, 0.25) is 5.91 Å². The van der Waals surface area contributed by atoms with Crippen LogP contribution < -0.4 is 16.8 Å². The quantitative estimate of drug-likeness (QED) is 0.139. The van der Waals surface area contributed by atoms with Crippen molar-refractivity contribution in [3.05, 3.63) is 63.6 Å². The molecule has 9 nitrogen and oxygen atoms in total. The SMILES string of the molecule is N=C(N)N(CCCC(N)C(=O)O)C(=O)CC(=O)c1ccc(Cl)c(Cl)c1NCc1ccccc1. The van der Waals surface area contributed by atoms with E-state index < -0.39 is 36.1 Å². The number of nitrogens with two attached hydrogens (primary N) is 2. The van der Waals surface area contributed by atoms with Crippen molar-refractivity contribution in [3.63, 3.8) is 0 Å². The molecule has 1 unspecified atom stereocenters. The number of nitrogens with one attached hydrogen (secondary N) is 2. The van der Waals surface area contributed by atoms with Crippen molar-refractivity contribution >= 4 is 52.5 Å². The van der Waals surface area contributed by atoms with E-state index in [1.54, 1.807) is 0 Å². The fourth-order valence-corrected chi connectivity index (χ4v) is 3.43. The molecular weight excluding hydrogens is 469 g/mol. The Labute approximate surface area is 201 Å². The Hall–Kier alpha value is -3.14. The van der Waals surface area contributed by atoms with Crippen molar-refractivity contribution in [3.8, 4) is 0 Å². The Morgan fingerprint density at radius 1 is 1.12 bits per heavy atom. The molecule has 0 aliphatic carbocycles.